The number of quaternary nitrogens is 1. The molecule has 1 aromatic heterocycles. The van der Waals surface area contributed by atoms with Crippen molar-refractivity contribution in [3.63, 3.8) is 0 Å². The van der Waals surface area contributed by atoms with Crippen LogP contribution in [0.1, 0.15) is 57.1 Å². The Labute approximate surface area is 246 Å². The number of benzene rings is 1. The second-order valence-corrected chi connectivity index (χ2v) is 14.0. The lowest BCUT2D eigenvalue weighted by Gasteiger charge is -2.37. The van der Waals surface area contributed by atoms with Crippen LogP contribution in [0, 0.1) is 0 Å². The Morgan fingerprint density at radius 2 is 1.93 bits per heavy atom. The third-order valence-electron chi connectivity index (χ3n) is 7.36. The summed E-state index contributed by atoms with van der Waals surface area (Å²) in [7, 11) is -4.49. The number of cyclic esters (lactones) is 1. The van der Waals surface area contributed by atoms with Gasteiger partial charge >= 0.3 is 5.97 Å². The highest BCUT2D eigenvalue weighted by Crippen LogP contribution is 2.42. The Kier molecular flexibility index (Phi) is 8.81. The number of aliphatic imine (C=N–C) groups is 1. The van der Waals surface area contributed by atoms with E-state index in [4.69, 9.17) is 9.88 Å². The number of hydrogen-bond acceptors (Lipinski definition) is 9. The van der Waals surface area contributed by atoms with Gasteiger partial charge in [0.2, 0.25) is 11.4 Å². The predicted octanol–water partition coefficient (Wildman–Crippen LogP) is 2.56. The average Bonchev–Trinajstić information content (AvgIpc) is 3.52. The summed E-state index contributed by atoms with van der Waals surface area (Å²) in [5, 5.41) is 16.3. The van der Waals surface area contributed by atoms with E-state index in [0.29, 0.717) is 36.9 Å². The molecule has 4 N–H and O–H groups in total. The molecule has 3 heterocycles. The minimum atomic E-state index is -4.03. The molecular weight excluding hydrogens is 584 g/mol. The summed E-state index contributed by atoms with van der Waals surface area (Å²) in [6, 6.07) is 5.25. The van der Waals surface area contributed by atoms with Crippen LogP contribution in [0.25, 0.3) is 5.57 Å². The number of nitrogens with one attached hydrogen (secondary N) is 1. The molecule has 2 aliphatic rings. The molecule has 15 heteroatoms. The summed E-state index contributed by atoms with van der Waals surface area (Å²) in [5.74, 6) is -0.868. The molecule has 2 aromatic rings. The van der Waals surface area contributed by atoms with Crippen molar-refractivity contribution in [2.24, 2.45) is 17.2 Å². The van der Waals surface area contributed by atoms with E-state index < -0.39 is 31.6 Å². The highest BCUT2D eigenvalue weighted by Gasteiger charge is 2.43. The smallest absolute Gasteiger partial charge is 0.342 e. The van der Waals surface area contributed by atoms with E-state index in [9.17, 15) is 26.7 Å². The first kappa shape index (κ1) is 31.6. The molecule has 0 aliphatic carbocycles. The number of rotatable bonds is 12. The Balaban J connectivity index is 1.67. The van der Waals surface area contributed by atoms with E-state index in [1.54, 1.807) is 26.2 Å². The van der Waals surface area contributed by atoms with Gasteiger partial charge in [-0.2, -0.15) is 4.99 Å². The molecule has 0 radical (unpaired) electrons. The first-order valence-electron chi connectivity index (χ1n) is 13.6. The van der Waals surface area contributed by atoms with Gasteiger partial charge in [-0.25, -0.2) is 41.0 Å². The third kappa shape index (κ3) is 6.34. The third-order valence-corrected chi connectivity index (χ3v) is 9.50. The van der Waals surface area contributed by atoms with E-state index in [2.05, 4.69) is 14.7 Å². The van der Waals surface area contributed by atoms with Crippen molar-refractivity contribution in [3.8, 4) is 0 Å². The lowest BCUT2D eigenvalue weighted by Crippen LogP contribution is -2.43. The normalized spacial score (nSPS) is 22.9. The monoisotopic (exact) mass is 621 g/mol. The van der Waals surface area contributed by atoms with Gasteiger partial charge in [-0.15, -0.1) is 0 Å². The summed E-state index contributed by atoms with van der Waals surface area (Å²) in [6.07, 6.45) is 8.05. The van der Waals surface area contributed by atoms with Gasteiger partial charge in [0.25, 0.3) is 20.0 Å². The number of carbonyl (C=O) groups is 1. The van der Waals surface area contributed by atoms with Crippen molar-refractivity contribution >= 4 is 43.6 Å². The molecule has 0 spiro atoms. The fourth-order valence-electron chi connectivity index (χ4n) is 5.46. The Morgan fingerprint density at radius 1 is 1.19 bits per heavy atom. The van der Waals surface area contributed by atoms with Crippen LogP contribution in [0.3, 0.4) is 0 Å². The predicted molar refractivity (Wildman–Crippen MR) is 159 cm³/mol. The molecule has 0 fully saturated rings. The lowest BCUT2D eigenvalue weighted by atomic mass is 9.83. The molecule has 2 unspecified atom stereocenters. The molecule has 0 amide bonds. The molecule has 0 saturated heterocycles. The minimum absolute atomic E-state index is 0.00602. The number of esters is 1. The maximum absolute atomic E-state index is 13.6. The molecule has 0 saturated carbocycles. The second-order valence-electron chi connectivity index (χ2n) is 10.8. The van der Waals surface area contributed by atoms with E-state index in [-0.39, 0.29) is 45.3 Å². The number of sulfonamides is 2. The van der Waals surface area contributed by atoms with Crippen LogP contribution < -0.4 is 14.3 Å². The van der Waals surface area contributed by atoms with E-state index in [1.165, 1.54) is 29.6 Å². The van der Waals surface area contributed by atoms with Crippen LogP contribution in [0.5, 0.6) is 0 Å². The summed E-state index contributed by atoms with van der Waals surface area (Å²) < 4.78 is 59.1. The molecule has 2 aliphatic heterocycles. The molecule has 2 atom stereocenters. The fraction of sp³-hybridized carbons (Fsp3) is 0.444. The SMILES string of the molecule is CCCc1c(C2=C(O)CC(CCC)(CCNS(=O)(=O)c3cn(C)cn3)OC2=O)cccc1[N+]1(C)C=NC(S(N)(=O)=O)=C1. The number of imidazole rings is 1. The van der Waals surface area contributed by atoms with Crippen LogP contribution in [-0.4, -0.2) is 63.0 Å². The van der Waals surface area contributed by atoms with Crippen molar-refractivity contribution < 1.29 is 31.5 Å². The number of aliphatic hydroxyl groups is 1. The first-order chi connectivity index (χ1) is 19.6. The standard InChI is InChI=1S/C27H36N6O7S2/c1-5-8-19-20(9-7-10-21(19)33(4)16-24(30-18-33)41(28,36)37)25-22(34)14-27(11-6-2,40-26(25)35)12-13-31-42(38,39)23-15-32(3)17-29-23/h7,9-10,15-18,31H,5-6,8,11-14H2,1-4H3,(H2-,28,34,35,36,37)/p+1. The molecule has 1 aromatic carbocycles. The minimum Gasteiger partial charge on any atom is -0.511 e. The lowest BCUT2D eigenvalue weighted by molar-refractivity contribution is -0.157. The maximum atomic E-state index is 13.6. The van der Waals surface area contributed by atoms with Crippen molar-refractivity contribution in [2.75, 3.05) is 13.6 Å². The van der Waals surface area contributed by atoms with Crippen LogP contribution in [-0.2, 0) is 43.0 Å². The van der Waals surface area contributed by atoms with Gasteiger partial charge in [0, 0.05) is 49.8 Å². The fourth-order valence-corrected chi connectivity index (χ4v) is 7.03. The Bertz CT molecular complexity index is 1690. The van der Waals surface area contributed by atoms with Gasteiger partial charge in [0.15, 0.2) is 5.03 Å². The summed E-state index contributed by atoms with van der Waals surface area (Å²) >= 11 is 0. The average molecular weight is 622 g/mol. The second kappa shape index (κ2) is 11.7. The van der Waals surface area contributed by atoms with Crippen LogP contribution in [0.2, 0.25) is 0 Å². The first-order valence-corrected chi connectivity index (χ1v) is 16.6. The quantitative estimate of drug-likeness (QED) is 0.239. The maximum Gasteiger partial charge on any atom is 0.342 e. The number of nitrogens with zero attached hydrogens (tertiary/aromatic N) is 4. The largest absolute Gasteiger partial charge is 0.511 e. The zero-order chi connectivity index (χ0) is 30.9. The van der Waals surface area contributed by atoms with Gasteiger partial charge in [-0.3, -0.25) is 0 Å². The highest BCUT2D eigenvalue weighted by atomic mass is 32.2. The van der Waals surface area contributed by atoms with Crippen molar-refractivity contribution in [2.45, 2.75) is 63.0 Å². The number of primary sulfonamides is 1. The summed E-state index contributed by atoms with van der Waals surface area (Å²) in [5.41, 5.74) is 0.786. The topological polar surface area (TPSA) is 183 Å². The number of aromatic nitrogens is 2. The number of carbonyl (C=O) groups excluding carboxylic acids is 1. The molecule has 42 heavy (non-hydrogen) atoms. The molecular formula is C27H37N6O7S2+. The Hall–Kier alpha value is -3.37. The van der Waals surface area contributed by atoms with Crippen molar-refractivity contribution in [1.29, 1.82) is 0 Å². The summed E-state index contributed by atoms with van der Waals surface area (Å²) in [4.78, 5) is 21.5. The van der Waals surface area contributed by atoms with Crippen LogP contribution in [0.4, 0.5) is 5.69 Å². The zero-order valence-corrected chi connectivity index (χ0v) is 25.7. The van der Waals surface area contributed by atoms with Crippen molar-refractivity contribution in [1.82, 2.24) is 18.8 Å². The zero-order valence-electron chi connectivity index (χ0n) is 24.1. The number of aryl methyl sites for hydroxylation is 1. The van der Waals surface area contributed by atoms with Crippen LogP contribution >= 0.6 is 0 Å². The number of ether oxygens (including phenoxy) is 1. The highest BCUT2D eigenvalue weighted by molar-refractivity contribution is 7.93. The molecule has 0 bridgehead atoms. The van der Waals surface area contributed by atoms with E-state index in [1.807, 2.05) is 19.9 Å². The van der Waals surface area contributed by atoms with Crippen molar-refractivity contribution in [3.05, 3.63) is 58.8 Å². The molecule has 13 nitrogen and oxygen atoms in total. The number of hydrogen-bond donors (Lipinski definition) is 3. The number of aliphatic hydroxyl groups excluding tert-OH is 1. The van der Waals surface area contributed by atoms with Crippen LogP contribution in [0.15, 0.2) is 57.7 Å². The van der Waals surface area contributed by atoms with Gasteiger partial charge in [-0.1, -0.05) is 38.8 Å². The summed E-state index contributed by atoms with van der Waals surface area (Å²) in [6.45, 7) is 3.85. The van der Waals surface area contributed by atoms with Gasteiger partial charge in [-0.05, 0) is 12.8 Å². The van der Waals surface area contributed by atoms with Gasteiger partial charge in [0.1, 0.15) is 28.8 Å². The van der Waals surface area contributed by atoms with Gasteiger partial charge < -0.3 is 14.4 Å². The molecule has 4 rings (SSSR count). The van der Waals surface area contributed by atoms with E-state index >= 15 is 0 Å². The van der Waals surface area contributed by atoms with Gasteiger partial charge in [0.05, 0.1) is 13.4 Å². The molecule has 228 valence electrons. The van der Waals surface area contributed by atoms with E-state index in [0.717, 1.165) is 5.56 Å². The Morgan fingerprint density at radius 3 is 2.50 bits per heavy atom. The number of nitrogens with two attached hydrogens (primary N) is 1.